The third kappa shape index (κ3) is 5.20. The van der Waals surface area contributed by atoms with Crippen LogP contribution in [0.15, 0.2) is 24.3 Å². The number of alkyl halides is 3. The Balaban J connectivity index is 1.60. The number of halogens is 3. The van der Waals surface area contributed by atoms with Crippen LogP contribution < -0.4 is 0 Å². The van der Waals surface area contributed by atoms with E-state index in [0.717, 1.165) is 38.2 Å². The molecular weight excluding hydrogens is 345 g/mol. The van der Waals surface area contributed by atoms with Crippen molar-refractivity contribution in [1.82, 2.24) is 9.80 Å². The average Bonchev–Trinajstić information content (AvgIpc) is 2.98. The summed E-state index contributed by atoms with van der Waals surface area (Å²) >= 11 is 0. The van der Waals surface area contributed by atoms with Gasteiger partial charge in [-0.25, -0.2) is 0 Å². The van der Waals surface area contributed by atoms with E-state index >= 15 is 0 Å². The summed E-state index contributed by atoms with van der Waals surface area (Å²) in [6.07, 6.45) is -1.28. The van der Waals surface area contributed by atoms with Crippen LogP contribution in [0, 0.1) is 0 Å². The predicted molar refractivity (Wildman–Crippen MR) is 91.8 cm³/mol. The lowest BCUT2D eigenvalue weighted by atomic mass is 10.1. The highest BCUT2D eigenvalue weighted by Gasteiger charge is 2.31. The summed E-state index contributed by atoms with van der Waals surface area (Å²) in [4.78, 5) is 16.7. The average molecular weight is 370 g/mol. The van der Waals surface area contributed by atoms with Crippen molar-refractivity contribution >= 4 is 5.91 Å². The molecule has 0 aliphatic carbocycles. The third-order valence-electron chi connectivity index (χ3n) is 4.97. The highest BCUT2D eigenvalue weighted by Crippen LogP contribution is 2.29. The maximum absolute atomic E-state index is 12.8. The Hall–Kier alpha value is -1.60. The zero-order valence-corrected chi connectivity index (χ0v) is 14.8. The Morgan fingerprint density at radius 3 is 2.65 bits per heavy atom. The first-order chi connectivity index (χ1) is 12.4. The van der Waals surface area contributed by atoms with Gasteiger partial charge in [0.2, 0.25) is 5.91 Å². The number of amides is 1. The second-order valence-electron chi connectivity index (χ2n) is 7.07. The van der Waals surface area contributed by atoms with Crippen LogP contribution >= 0.6 is 0 Å². The van der Waals surface area contributed by atoms with Gasteiger partial charge in [-0.3, -0.25) is 4.79 Å². The highest BCUT2D eigenvalue weighted by atomic mass is 19.4. The topological polar surface area (TPSA) is 32.8 Å². The first-order valence-corrected chi connectivity index (χ1v) is 9.20. The minimum absolute atomic E-state index is 0.0135. The van der Waals surface area contributed by atoms with Crippen LogP contribution in [0.5, 0.6) is 0 Å². The van der Waals surface area contributed by atoms with Crippen molar-refractivity contribution in [3.05, 3.63) is 35.4 Å². The van der Waals surface area contributed by atoms with Crippen molar-refractivity contribution in [2.45, 2.75) is 38.0 Å². The van der Waals surface area contributed by atoms with Crippen molar-refractivity contribution in [2.75, 3.05) is 39.3 Å². The summed E-state index contributed by atoms with van der Waals surface area (Å²) in [5, 5.41) is 0. The molecule has 3 rings (SSSR count). The molecule has 0 aromatic heterocycles. The predicted octanol–water partition coefficient (Wildman–Crippen LogP) is 2.96. The second kappa shape index (κ2) is 8.39. The van der Waals surface area contributed by atoms with Crippen LogP contribution in [-0.4, -0.2) is 61.1 Å². The lowest BCUT2D eigenvalue weighted by Gasteiger charge is -2.27. The molecule has 1 atom stereocenters. The molecule has 7 heteroatoms. The molecule has 1 unspecified atom stereocenters. The third-order valence-corrected chi connectivity index (χ3v) is 4.97. The van der Waals surface area contributed by atoms with Gasteiger partial charge in [-0.2, -0.15) is 13.2 Å². The number of benzene rings is 1. The molecule has 0 spiro atoms. The normalized spacial score (nSPS) is 22.4. The fraction of sp³-hybridized carbons (Fsp3) is 0.632. The number of carbonyl (C=O) groups excluding carboxylic acids is 1. The van der Waals surface area contributed by atoms with Gasteiger partial charge in [0, 0.05) is 26.2 Å². The molecule has 2 heterocycles. The fourth-order valence-corrected chi connectivity index (χ4v) is 3.63. The van der Waals surface area contributed by atoms with Gasteiger partial charge in [-0.05, 0) is 44.0 Å². The number of hydrogen-bond acceptors (Lipinski definition) is 3. The van der Waals surface area contributed by atoms with Crippen LogP contribution in [0.1, 0.15) is 30.4 Å². The second-order valence-corrected chi connectivity index (χ2v) is 7.07. The van der Waals surface area contributed by atoms with Crippen LogP contribution in [0.3, 0.4) is 0 Å². The van der Waals surface area contributed by atoms with Crippen molar-refractivity contribution in [2.24, 2.45) is 0 Å². The smallest absolute Gasteiger partial charge is 0.375 e. The lowest BCUT2D eigenvalue weighted by molar-refractivity contribution is -0.138. The van der Waals surface area contributed by atoms with Crippen LogP contribution in [0.25, 0.3) is 0 Å². The minimum Gasteiger partial charge on any atom is -0.375 e. The number of nitrogens with zero attached hydrogens (tertiary/aromatic N) is 2. The molecule has 2 saturated heterocycles. The van der Waals surface area contributed by atoms with Crippen LogP contribution in [0.2, 0.25) is 0 Å². The van der Waals surface area contributed by atoms with E-state index in [1.165, 1.54) is 18.9 Å². The van der Waals surface area contributed by atoms with Gasteiger partial charge < -0.3 is 14.5 Å². The van der Waals surface area contributed by atoms with Gasteiger partial charge >= 0.3 is 6.18 Å². The number of likely N-dealkylation sites (tertiary alicyclic amines) is 1. The molecule has 26 heavy (non-hydrogen) atoms. The summed E-state index contributed by atoms with van der Waals surface area (Å²) < 4.78 is 44.4. The van der Waals surface area contributed by atoms with Crippen molar-refractivity contribution in [3.8, 4) is 0 Å². The first-order valence-electron chi connectivity index (χ1n) is 9.20. The van der Waals surface area contributed by atoms with Crippen molar-refractivity contribution in [3.63, 3.8) is 0 Å². The Morgan fingerprint density at radius 1 is 1.15 bits per heavy atom. The number of ether oxygens (including phenoxy) is 1. The molecule has 4 nitrogen and oxygen atoms in total. The molecule has 0 saturated carbocycles. The van der Waals surface area contributed by atoms with Gasteiger partial charge in [0.25, 0.3) is 0 Å². The van der Waals surface area contributed by atoms with Gasteiger partial charge in [-0.1, -0.05) is 18.2 Å². The van der Waals surface area contributed by atoms with E-state index in [1.807, 2.05) is 0 Å². The summed E-state index contributed by atoms with van der Waals surface area (Å²) in [5.74, 6) is -0.138. The molecule has 2 aliphatic rings. The Labute approximate surface area is 151 Å². The standard InChI is InChI=1S/C19H25F3N2O2/c20-19(21,22)16-6-3-5-15(11-16)12-18(25)24-9-4-10-26-17(14-24)13-23-7-1-2-8-23/h3,5-6,11,17H,1-2,4,7-10,12-14H2. The molecular formula is C19H25F3N2O2. The SMILES string of the molecule is O=C(Cc1cccc(C(F)(F)F)c1)N1CCCOC(CN2CCCC2)C1. The maximum Gasteiger partial charge on any atom is 0.416 e. The van der Waals surface area contributed by atoms with Crippen molar-refractivity contribution < 1.29 is 22.7 Å². The zero-order valence-electron chi connectivity index (χ0n) is 14.8. The quantitative estimate of drug-likeness (QED) is 0.817. The van der Waals surface area contributed by atoms with Crippen LogP contribution in [-0.2, 0) is 22.1 Å². The monoisotopic (exact) mass is 370 g/mol. The largest absolute Gasteiger partial charge is 0.416 e. The molecule has 1 amide bonds. The first kappa shape index (κ1) is 19.2. The molecule has 2 aliphatic heterocycles. The number of hydrogen-bond donors (Lipinski definition) is 0. The van der Waals surface area contributed by atoms with E-state index in [-0.39, 0.29) is 18.4 Å². The van der Waals surface area contributed by atoms with E-state index in [0.29, 0.717) is 25.3 Å². The fourth-order valence-electron chi connectivity index (χ4n) is 3.63. The number of carbonyl (C=O) groups is 1. The Morgan fingerprint density at radius 2 is 1.92 bits per heavy atom. The summed E-state index contributed by atoms with van der Waals surface area (Å²) in [5.41, 5.74) is -0.319. The highest BCUT2D eigenvalue weighted by molar-refractivity contribution is 5.78. The van der Waals surface area contributed by atoms with E-state index in [1.54, 1.807) is 11.0 Å². The maximum atomic E-state index is 12.8. The molecule has 0 bridgehead atoms. The zero-order chi connectivity index (χ0) is 18.6. The summed E-state index contributed by atoms with van der Waals surface area (Å²) in [7, 11) is 0. The van der Waals surface area contributed by atoms with E-state index in [9.17, 15) is 18.0 Å². The van der Waals surface area contributed by atoms with E-state index < -0.39 is 11.7 Å². The van der Waals surface area contributed by atoms with E-state index in [2.05, 4.69) is 4.90 Å². The Bertz CT molecular complexity index is 615. The van der Waals surface area contributed by atoms with Crippen molar-refractivity contribution in [1.29, 1.82) is 0 Å². The molecule has 1 aromatic rings. The Kier molecular flexibility index (Phi) is 6.19. The van der Waals surface area contributed by atoms with Gasteiger partial charge in [0.05, 0.1) is 18.1 Å². The van der Waals surface area contributed by atoms with E-state index in [4.69, 9.17) is 4.74 Å². The molecule has 2 fully saturated rings. The molecule has 0 N–H and O–H groups in total. The molecule has 0 radical (unpaired) electrons. The molecule has 1 aromatic carbocycles. The van der Waals surface area contributed by atoms with Gasteiger partial charge in [-0.15, -0.1) is 0 Å². The summed E-state index contributed by atoms with van der Waals surface area (Å²) in [6.45, 7) is 4.66. The lowest BCUT2D eigenvalue weighted by Crippen LogP contribution is -2.42. The van der Waals surface area contributed by atoms with Crippen LogP contribution in [0.4, 0.5) is 13.2 Å². The van der Waals surface area contributed by atoms with Gasteiger partial charge in [0.15, 0.2) is 0 Å². The minimum atomic E-state index is -4.39. The number of rotatable bonds is 4. The van der Waals surface area contributed by atoms with Gasteiger partial charge in [0.1, 0.15) is 0 Å². The summed E-state index contributed by atoms with van der Waals surface area (Å²) in [6, 6.07) is 5.02. The molecule has 144 valence electrons.